The van der Waals surface area contributed by atoms with Gasteiger partial charge in [0.2, 0.25) is 0 Å². The Kier molecular flexibility index (Phi) is 5.07. The van der Waals surface area contributed by atoms with Gasteiger partial charge in [-0.15, -0.1) is 0 Å². The van der Waals surface area contributed by atoms with E-state index in [0.717, 1.165) is 12.5 Å². The van der Waals surface area contributed by atoms with Crippen LogP contribution in [0.2, 0.25) is 0 Å². The number of benzene rings is 2. The molecule has 2 rings (SSSR count). The molecule has 0 aliphatic carbocycles. The fraction of sp³-hybridized carbons (Fsp3) is 0.333. The van der Waals surface area contributed by atoms with Gasteiger partial charge in [0.1, 0.15) is 11.6 Å². The molecule has 0 aliphatic heterocycles. The summed E-state index contributed by atoms with van der Waals surface area (Å²) in [4.78, 5) is 0. The maximum absolute atomic E-state index is 13.8. The van der Waals surface area contributed by atoms with Crippen molar-refractivity contribution in [1.82, 2.24) is 5.32 Å². The van der Waals surface area contributed by atoms with Crippen LogP contribution < -0.4 is 5.32 Å². The minimum atomic E-state index is -0.547. The summed E-state index contributed by atoms with van der Waals surface area (Å²) in [6.45, 7) is 6.03. The maximum atomic E-state index is 13.8. The third-order valence-electron chi connectivity index (χ3n) is 3.77. The van der Waals surface area contributed by atoms with Gasteiger partial charge in [-0.05, 0) is 31.9 Å². The van der Waals surface area contributed by atoms with Gasteiger partial charge in [-0.2, -0.15) is 0 Å². The molecule has 0 aromatic heterocycles. The van der Waals surface area contributed by atoms with E-state index in [1.54, 1.807) is 0 Å². The molecule has 0 saturated heterocycles. The van der Waals surface area contributed by atoms with Crippen molar-refractivity contribution in [3.63, 3.8) is 0 Å². The summed E-state index contributed by atoms with van der Waals surface area (Å²) in [5.74, 6) is -1.05. The van der Waals surface area contributed by atoms with Gasteiger partial charge in [0.25, 0.3) is 0 Å². The van der Waals surface area contributed by atoms with Crippen LogP contribution in [0, 0.1) is 18.6 Å². The molecule has 3 heteroatoms. The molecular formula is C18H21F2N. The van der Waals surface area contributed by atoms with Gasteiger partial charge in [0, 0.05) is 23.7 Å². The van der Waals surface area contributed by atoms with Crippen molar-refractivity contribution in [3.05, 3.63) is 70.8 Å². The van der Waals surface area contributed by atoms with E-state index < -0.39 is 11.6 Å². The Morgan fingerprint density at radius 1 is 1.05 bits per heavy atom. The van der Waals surface area contributed by atoms with Crippen LogP contribution >= 0.6 is 0 Å². The predicted molar refractivity (Wildman–Crippen MR) is 82.1 cm³/mol. The van der Waals surface area contributed by atoms with E-state index in [1.807, 2.05) is 6.92 Å². The normalized spacial score (nSPS) is 14.0. The third kappa shape index (κ3) is 3.88. The second kappa shape index (κ2) is 6.81. The van der Waals surface area contributed by atoms with Crippen LogP contribution in [0.4, 0.5) is 8.78 Å². The van der Waals surface area contributed by atoms with Crippen molar-refractivity contribution in [2.75, 3.05) is 0 Å². The molecule has 0 fully saturated rings. The third-order valence-corrected chi connectivity index (χ3v) is 3.77. The minimum absolute atomic E-state index is 0.144. The molecular weight excluding hydrogens is 268 g/mol. The lowest BCUT2D eigenvalue weighted by Gasteiger charge is -2.23. The van der Waals surface area contributed by atoms with E-state index >= 15 is 0 Å². The average molecular weight is 289 g/mol. The van der Waals surface area contributed by atoms with Crippen molar-refractivity contribution in [2.24, 2.45) is 0 Å². The van der Waals surface area contributed by atoms with Crippen molar-refractivity contribution >= 4 is 0 Å². The highest BCUT2D eigenvalue weighted by molar-refractivity contribution is 5.26. The zero-order chi connectivity index (χ0) is 15.4. The molecule has 0 saturated carbocycles. The molecule has 112 valence electrons. The number of rotatable bonds is 5. The Morgan fingerprint density at radius 2 is 1.71 bits per heavy atom. The van der Waals surface area contributed by atoms with Crippen LogP contribution in [-0.2, 0) is 0 Å². The Labute approximate surface area is 125 Å². The fourth-order valence-electron chi connectivity index (χ4n) is 2.49. The first kappa shape index (κ1) is 15.6. The molecule has 2 unspecified atom stereocenters. The summed E-state index contributed by atoms with van der Waals surface area (Å²) in [5, 5.41) is 3.42. The van der Waals surface area contributed by atoms with E-state index in [9.17, 15) is 8.78 Å². The molecule has 1 nitrogen and oxygen atoms in total. The molecule has 2 aromatic rings. The Bertz CT molecular complexity index is 593. The molecule has 0 radical (unpaired) electrons. The van der Waals surface area contributed by atoms with E-state index in [2.05, 4.69) is 43.4 Å². The minimum Gasteiger partial charge on any atom is -0.303 e. The largest absolute Gasteiger partial charge is 0.303 e. The highest BCUT2D eigenvalue weighted by Gasteiger charge is 2.16. The maximum Gasteiger partial charge on any atom is 0.130 e. The van der Waals surface area contributed by atoms with Crippen molar-refractivity contribution in [3.8, 4) is 0 Å². The molecule has 0 heterocycles. The molecule has 2 atom stereocenters. The van der Waals surface area contributed by atoms with Crippen LogP contribution in [0.5, 0.6) is 0 Å². The van der Waals surface area contributed by atoms with Crippen LogP contribution in [0.25, 0.3) is 0 Å². The van der Waals surface area contributed by atoms with Gasteiger partial charge in [0.15, 0.2) is 0 Å². The molecule has 0 spiro atoms. The topological polar surface area (TPSA) is 12.0 Å². The highest BCUT2D eigenvalue weighted by Crippen LogP contribution is 2.24. The van der Waals surface area contributed by atoms with Crippen LogP contribution in [0.15, 0.2) is 42.5 Å². The first-order valence-electron chi connectivity index (χ1n) is 7.28. The molecule has 1 N–H and O–H groups in total. The van der Waals surface area contributed by atoms with E-state index in [4.69, 9.17) is 0 Å². The highest BCUT2D eigenvalue weighted by atomic mass is 19.1. The van der Waals surface area contributed by atoms with Gasteiger partial charge in [-0.3, -0.25) is 0 Å². The van der Waals surface area contributed by atoms with E-state index in [1.165, 1.54) is 23.3 Å². The van der Waals surface area contributed by atoms with Gasteiger partial charge in [-0.1, -0.05) is 42.8 Å². The molecule has 0 amide bonds. The summed E-state index contributed by atoms with van der Waals surface area (Å²) in [5.41, 5.74) is 2.88. The second-order valence-corrected chi connectivity index (χ2v) is 5.43. The molecule has 0 aliphatic rings. The Morgan fingerprint density at radius 3 is 2.29 bits per heavy atom. The number of halogens is 2. The summed E-state index contributed by atoms with van der Waals surface area (Å²) < 4.78 is 26.8. The lowest BCUT2D eigenvalue weighted by Crippen LogP contribution is -2.25. The zero-order valence-corrected chi connectivity index (χ0v) is 12.7. The number of hydrogen-bond acceptors (Lipinski definition) is 1. The lowest BCUT2D eigenvalue weighted by molar-refractivity contribution is 0.441. The first-order chi connectivity index (χ1) is 10.0. The second-order valence-electron chi connectivity index (χ2n) is 5.43. The smallest absolute Gasteiger partial charge is 0.130 e. The lowest BCUT2D eigenvalue weighted by atomic mass is 10.00. The number of aryl methyl sites for hydroxylation is 1. The van der Waals surface area contributed by atoms with Crippen molar-refractivity contribution < 1.29 is 8.78 Å². The standard InChI is InChI=1S/C18H21F2N/c1-4-18(14-7-5-12(2)6-8-14)21-13(3)16-10-9-15(19)11-17(16)20/h5-11,13,18,21H,4H2,1-3H3. The summed E-state index contributed by atoms with van der Waals surface area (Å²) in [6.07, 6.45) is 0.899. The quantitative estimate of drug-likeness (QED) is 0.809. The molecule has 2 aromatic carbocycles. The molecule has 21 heavy (non-hydrogen) atoms. The number of nitrogens with one attached hydrogen (secondary N) is 1. The zero-order valence-electron chi connectivity index (χ0n) is 12.7. The van der Waals surface area contributed by atoms with Crippen LogP contribution in [0.3, 0.4) is 0 Å². The number of hydrogen-bond donors (Lipinski definition) is 1. The predicted octanol–water partition coefficient (Wildman–Crippen LogP) is 5.08. The van der Waals surface area contributed by atoms with Gasteiger partial charge in [0.05, 0.1) is 0 Å². The SMILES string of the molecule is CCC(NC(C)c1ccc(F)cc1F)c1ccc(C)cc1. The van der Waals surface area contributed by atoms with Gasteiger partial charge in [-0.25, -0.2) is 8.78 Å². The summed E-state index contributed by atoms with van der Waals surface area (Å²) in [7, 11) is 0. The Hall–Kier alpha value is -1.74. The summed E-state index contributed by atoms with van der Waals surface area (Å²) in [6, 6.07) is 12.0. The average Bonchev–Trinajstić information content (AvgIpc) is 2.45. The van der Waals surface area contributed by atoms with Crippen molar-refractivity contribution in [2.45, 2.75) is 39.3 Å². The monoisotopic (exact) mass is 289 g/mol. The first-order valence-corrected chi connectivity index (χ1v) is 7.28. The van der Waals surface area contributed by atoms with E-state index in [0.29, 0.717) is 5.56 Å². The van der Waals surface area contributed by atoms with Crippen molar-refractivity contribution in [1.29, 1.82) is 0 Å². The van der Waals surface area contributed by atoms with Gasteiger partial charge < -0.3 is 5.32 Å². The van der Waals surface area contributed by atoms with Gasteiger partial charge >= 0.3 is 0 Å². The fourth-order valence-corrected chi connectivity index (χ4v) is 2.49. The van der Waals surface area contributed by atoms with Crippen LogP contribution in [0.1, 0.15) is 49.0 Å². The molecule has 0 bridgehead atoms. The Balaban J connectivity index is 2.15. The van der Waals surface area contributed by atoms with E-state index in [-0.39, 0.29) is 12.1 Å². The summed E-state index contributed by atoms with van der Waals surface area (Å²) >= 11 is 0. The van der Waals surface area contributed by atoms with Crippen LogP contribution in [-0.4, -0.2) is 0 Å².